The molecule has 0 spiro atoms. The van der Waals surface area contributed by atoms with Gasteiger partial charge in [-0.15, -0.1) is 0 Å². The maximum Gasteiger partial charge on any atom is 0.253 e. The summed E-state index contributed by atoms with van der Waals surface area (Å²) in [5, 5.41) is 3.08. The standard InChI is InChI=1S/C13H13ClN4O/c1-8(11-4-2-3-5-16-11)18-13(19)9-6-10(14)12(15)17-7-9/h2-8H,1H3,(H2,15,17)(H,18,19). The number of carbonyl (C=O) groups is 1. The number of aromatic nitrogens is 2. The third-order valence-corrected chi connectivity index (χ3v) is 2.91. The monoisotopic (exact) mass is 276 g/mol. The van der Waals surface area contributed by atoms with Crippen LogP contribution in [0.3, 0.4) is 0 Å². The number of pyridine rings is 2. The minimum Gasteiger partial charge on any atom is -0.382 e. The molecule has 2 aromatic heterocycles. The van der Waals surface area contributed by atoms with E-state index < -0.39 is 0 Å². The molecule has 0 radical (unpaired) electrons. The van der Waals surface area contributed by atoms with E-state index in [0.29, 0.717) is 5.56 Å². The molecule has 1 atom stereocenters. The smallest absolute Gasteiger partial charge is 0.253 e. The number of halogens is 1. The van der Waals surface area contributed by atoms with Crippen LogP contribution < -0.4 is 11.1 Å². The molecule has 0 fully saturated rings. The van der Waals surface area contributed by atoms with E-state index in [9.17, 15) is 4.79 Å². The van der Waals surface area contributed by atoms with Gasteiger partial charge in [-0.05, 0) is 25.1 Å². The average molecular weight is 277 g/mol. The van der Waals surface area contributed by atoms with Gasteiger partial charge in [0.25, 0.3) is 5.91 Å². The maximum absolute atomic E-state index is 12.0. The van der Waals surface area contributed by atoms with E-state index in [4.69, 9.17) is 17.3 Å². The van der Waals surface area contributed by atoms with Crippen molar-refractivity contribution in [1.29, 1.82) is 0 Å². The minimum absolute atomic E-state index is 0.204. The molecule has 6 heteroatoms. The van der Waals surface area contributed by atoms with Gasteiger partial charge in [0, 0.05) is 12.4 Å². The zero-order valence-electron chi connectivity index (χ0n) is 10.3. The first-order valence-electron chi connectivity index (χ1n) is 5.70. The molecule has 19 heavy (non-hydrogen) atoms. The van der Waals surface area contributed by atoms with E-state index in [1.54, 1.807) is 6.20 Å². The fourth-order valence-corrected chi connectivity index (χ4v) is 1.73. The van der Waals surface area contributed by atoms with E-state index >= 15 is 0 Å². The molecule has 0 aromatic carbocycles. The first-order chi connectivity index (χ1) is 9.08. The third-order valence-electron chi connectivity index (χ3n) is 2.61. The molecule has 0 bridgehead atoms. The zero-order chi connectivity index (χ0) is 13.8. The first-order valence-corrected chi connectivity index (χ1v) is 6.08. The molecule has 0 saturated heterocycles. The Kier molecular flexibility index (Phi) is 3.97. The fraction of sp³-hybridized carbons (Fsp3) is 0.154. The number of anilines is 1. The van der Waals surface area contributed by atoms with Crippen molar-refractivity contribution < 1.29 is 4.79 Å². The number of nitrogens with zero attached hydrogens (tertiary/aromatic N) is 2. The first kappa shape index (κ1) is 13.3. The average Bonchev–Trinajstić information content (AvgIpc) is 2.42. The Morgan fingerprint density at radius 3 is 2.84 bits per heavy atom. The van der Waals surface area contributed by atoms with Gasteiger partial charge in [0.2, 0.25) is 0 Å². The quantitative estimate of drug-likeness (QED) is 0.900. The molecule has 0 aliphatic carbocycles. The lowest BCUT2D eigenvalue weighted by Gasteiger charge is -2.13. The Morgan fingerprint density at radius 2 is 2.21 bits per heavy atom. The van der Waals surface area contributed by atoms with Crippen LogP contribution in [0.15, 0.2) is 36.7 Å². The highest BCUT2D eigenvalue weighted by atomic mass is 35.5. The third kappa shape index (κ3) is 3.20. The Hall–Kier alpha value is -2.14. The fourth-order valence-electron chi connectivity index (χ4n) is 1.56. The van der Waals surface area contributed by atoms with Crippen LogP contribution in [0, 0.1) is 0 Å². The molecule has 5 nitrogen and oxygen atoms in total. The molecule has 0 aliphatic rings. The van der Waals surface area contributed by atoms with Crippen LogP contribution in [-0.2, 0) is 0 Å². The summed E-state index contributed by atoms with van der Waals surface area (Å²) in [6.45, 7) is 1.85. The molecule has 0 aliphatic heterocycles. The van der Waals surface area contributed by atoms with E-state index in [2.05, 4.69) is 15.3 Å². The van der Waals surface area contributed by atoms with Gasteiger partial charge in [0.1, 0.15) is 5.82 Å². The van der Waals surface area contributed by atoms with Crippen molar-refractivity contribution in [1.82, 2.24) is 15.3 Å². The van der Waals surface area contributed by atoms with Gasteiger partial charge >= 0.3 is 0 Å². The SMILES string of the molecule is CC(NC(=O)c1cnc(N)c(Cl)c1)c1ccccn1. The topological polar surface area (TPSA) is 80.9 Å². The van der Waals surface area contributed by atoms with Crippen molar-refractivity contribution in [2.45, 2.75) is 13.0 Å². The largest absolute Gasteiger partial charge is 0.382 e. The van der Waals surface area contributed by atoms with Gasteiger partial charge in [-0.25, -0.2) is 4.98 Å². The normalized spacial score (nSPS) is 11.9. The van der Waals surface area contributed by atoms with E-state index in [-0.39, 0.29) is 22.8 Å². The number of rotatable bonds is 3. The van der Waals surface area contributed by atoms with Gasteiger partial charge in [0.05, 0.1) is 22.3 Å². The Bertz CT molecular complexity index is 588. The number of nitrogens with one attached hydrogen (secondary N) is 1. The number of amides is 1. The summed E-state index contributed by atoms with van der Waals surface area (Å²) in [6, 6.07) is 6.82. The molecular formula is C13H13ClN4O. The van der Waals surface area contributed by atoms with Crippen molar-refractivity contribution in [2.24, 2.45) is 0 Å². The summed E-state index contributed by atoms with van der Waals surface area (Å²) >= 11 is 5.83. The second-order valence-corrected chi connectivity index (χ2v) is 4.45. The van der Waals surface area contributed by atoms with Gasteiger partial charge in [0.15, 0.2) is 0 Å². The molecule has 0 saturated carbocycles. The maximum atomic E-state index is 12.0. The lowest BCUT2D eigenvalue weighted by atomic mass is 10.2. The highest BCUT2D eigenvalue weighted by Crippen LogP contribution is 2.17. The minimum atomic E-state index is -0.271. The molecular weight excluding hydrogens is 264 g/mol. The van der Waals surface area contributed by atoms with Crippen molar-refractivity contribution in [3.63, 3.8) is 0 Å². The van der Waals surface area contributed by atoms with Crippen LogP contribution in [-0.4, -0.2) is 15.9 Å². The Balaban J connectivity index is 2.11. The molecule has 98 valence electrons. The second-order valence-electron chi connectivity index (χ2n) is 4.04. The molecule has 3 N–H and O–H groups in total. The van der Waals surface area contributed by atoms with Crippen LogP contribution in [0.5, 0.6) is 0 Å². The van der Waals surface area contributed by atoms with Crippen LogP contribution in [0.4, 0.5) is 5.82 Å². The van der Waals surface area contributed by atoms with Crippen molar-refractivity contribution in [2.75, 3.05) is 5.73 Å². The van der Waals surface area contributed by atoms with Crippen molar-refractivity contribution >= 4 is 23.3 Å². The Morgan fingerprint density at radius 1 is 1.42 bits per heavy atom. The molecule has 2 rings (SSSR count). The molecule has 2 aromatic rings. The Labute approximate surface area is 115 Å². The van der Waals surface area contributed by atoms with Gasteiger partial charge in [-0.3, -0.25) is 9.78 Å². The molecule has 2 heterocycles. The van der Waals surface area contributed by atoms with Crippen LogP contribution in [0.1, 0.15) is 29.0 Å². The number of carbonyl (C=O) groups excluding carboxylic acids is 1. The van der Waals surface area contributed by atoms with Gasteiger partial charge in [-0.1, -0.05) is 17.7 Å². The van der Waals surface area contributed by atoms with Crippen molar-refractivity contribution in [3.05, 3.63) is 52.9 Å². The summed E-state index contributed by atoms with van der Waals surface area (Å²) in [7, 11) is 0. The summed E-state index contributed by atoms with van der Waals surface area (Å²) in [4.78, 5) is 20.0. The lowest BCUT2D eigenvalue weighted by Crippen LogP contribution is -2.27. The summed E-state index contributed by atoms with van der Waals surface area (Å²) in [6.07, 6.45) is 3.07. The predicted octanol–water partition coefficient (Wildman–Crippen LogP) is 2.20. The number of nitrogens with two attached hydrogens (primary N) is 1. The van der Waals surface area contributed by atoms with Crippen LogP contribution in [0.2, 0.25) is 5.02 Å². The van der Waals surface area contributed by atoms with Crippen molar-refractivity contribution in [3.8, 4) is 0 Å². The highest BCUT2D eigenvalue weighted by Gasteiger charge is 2.13. The highest BCUT2D eigenvalue weighted by molar-refractivity contribution is 6.33. The summed E-state index contributed by atoms with van der Waals surface area (Å²) < 4.78 is 0. The molecule has 1 unspecified atom stereocenters. The second kappa shape index (κ2) is 5.67. The van der Waals surface area contributed by atoms with Gasteiger partial charge in [-0.2, -0.15) is 0 Å². The van der Waals surface area contributed by atoms with E-state index in [0.717, 1.165) is 5.69 Å². The zero-order valence-corrected chi connectivity index (χ0v) is 11.1. The van der Waals surface area contributed by atoms with E-state index in [1.165, 1.54) is 12.3 Å². The lowest BCUT2D eigenvalue weighted by molar-refractivity contribution is 0.0939. The van der Waals surface area contributed by atoms with E-state index in [1.807, 2.05) is 25.1 Å². The number of hydrogen-bond acceptors (Lipinski definition) is 4. The number of nitrogen functional groups attached to an aromatic ring is 1. The van der Waals surface area contributed by atoms with Gasteiger partial charge < -0.3 is 11.1 Å². The summed E-state index contributed by atoms with van der Waals surface area (Å²) in [5.41, 5.74) is 6.64. The molecule has 1 amide bonds. The predicted molar refractivity (Wildman–Crippen MR) is 73.8 cm³/mol. The van der Waals surface area contributed by atoms with Crippen LogP contribution in [0.25, 0.3) is 0 Å². The summed E-state index contributed by atoms with van der Waals surface area (Å²) in [5.74, 6) is -0.0662. The number of hydrogen-bond donors (Lipinski definition) is 2. The van der Waals surface area contributed by atoms with Crippen LogP contribution >= 0.6 is 11.6 Å².